The van der Waals surface area contributed by atoms with E-state index in [2.05, 4.69) is 62.3 Å². The number of carbonyl (C=O) groups excluding carboxylic acids is 1. The van der Waals surface area contributed by atoms with Crippen molar-refractivity contribution in [3.05, 3.63) is 47.4 Å². The summed E-state index contributed by atoms with van der Waals surface area (Å²) in [5, 5.41) is 3.93. The minimum Gasteiger partial charge on any atom is -0.369 e. The van der Waals surface area contributed by atoms with Crippen LogP contribution in [-0.4, -0.2) is 65.8 Å². The predicted octanol–water partition coefficient (Wildman–Crippen LogP) is 3.32. The maximum Gasteiger partial charge on any atom is 0.255 e. The first-order valence-corrected chi connectivity index (χ1v) is 12.0. The molecule has 0 unspecified atom stereocenters. The average molecular weight is 426 g/mol. The Morgan fingerprint density at radius 2 is 1.87 bits per heavy atom. The van der Waals surface area contributed by atoms with Gasteiger partial charge in [0, 0.05) is 50.4 Å². The van der Waals surface area contributed by atoms with Crippen molar-refractivity contribution in [2.45, 2.75) is 43.7 Å². The minimum absolute atomic E-state index is 0.0611. The molecule has 1 amide bonds. The predicted molar refractivity (Wildman–Crippen MR) is 123 cm³/mol. The van der Waals surface area contributed by atoms with Crippen molar-refractivity contribution in [1.29, 1.82) is 0 Å². The van der Waals surface area contributed by atoms with E-state index in [0.717, 1.165) is 55.6 Å². The van der Waals surface area contributed by atoms with Crippen LogP contribution in [0.1, 0.15) is 47.6 Å². The Morgan fingerprint density at radius 1 is 1.17 bits per heavy atom. The van der Waals surface area contributed by atoms with Gasteiger partial charge in [0.05, 0.1) is 11.3 Å². The molecule has 7 heteroatoms. The topological polar surface area (TPSA) is 61.4 Å². The largest absolute Gasteiger partial charge is 0.369 e. The summed E-state index contributed by atoms with van der Waals surface area (Å²) in [5.41, 5.74) is 2.71. The number of para-hydroxylation sites is 1. The monoisotopic (exact) mass is 425 g/mol. The number of amides is 1. The lowest BCUT2D eigenvalue weighted by molar-refractivity contribution is 0.0929. The number of hydrogen-bond donors (Lipinski definition) is 1. The zero-order valence-electron chi connectivity index (χ0n) is 18.1. The molecular formula is C23H31N5OS. The second kappa shape index (κ2) is 9.35. The number of anilines is 1. The van der Waals surface area contributed by atoms with E-state index in [9.17, 15) is 4.79 Å². The quantitative estimate of drug-likeness (QED) is 0.542. The smallest absolute Gasteiger partial charge is 0.255 e. The average Bonchev–Trinajstić information content (AvgIpc) is 3.63. The van der Waals surface area contributed by atoms with Gasteiger partial charge in [0.15, 0.2) is 0 Å². The third-order valence-electron chi connectivity index (χ3n) is 6.05. The number of thioether (sulfide) groups is 1. The van der Waals surface area contributed by atoms with Crippen LogP contribution in [-0.2, 0) is 0 Å². The zero-order valence-corrected chi connectivity index (χ0v) is 18.9. The molecule has 1 saturated carbocycles. The van der Waals surface area contributed by atoms with E-state index in [1.54, 1.807) is 0 Å². The summed E-state index contributed by atoms with van der Waals surface area (Å²) in [6, 6.07) is 10.9. The molecule has 160 valence electrons. The normalized spacial score (nSPS) is 18.3. The summed E-state index contributed by atoms with van der Waals surface area (Å²) in [6.07, 6.45) is 4.30. The maximum atomic E-state index is 12.9. The Balaban J connectivity index is 1.32. The van der Waals surface area contributed by atoms with Crippen molar-refractivity contribution in [2.75, 3.05) is 43.9 Å². The van der Waals surface area contributed by atoms with Gasteiger partial charge in [-0.3, -0.25) is 9.69 Å². The summed E-state index contributed by atoms with van der Waals surface area (Å²) in [7, 11) is 0. The van der Waals surface area contributed by atoms with E-state index in [0.29, 0.717) is 18.0 Å². The van der Waals surface area contributed by atoms with Gasteiger partial charge >= 0.3 is 0 Å². The van der Waals surface area contributed by atoms with Gasteiger partial charge < -0.3 is 10.2 Å². The van der Waals surface area contributed by atoms with Gasteiger partial charge in [0.2, 0.25) is 0 Å². The molecular weight excluding hydrogens is 394 g/mol. The molecule has 30 heavy (non-hydrogen) atoms. The van der Waals surface area contributed by atoms with Crippen LogP contribution in [0.25, 0.3) is 0 Å². The van der Waals surface area contributed by atoms with Crippen LogP contribution in [0.3, 0.4) is 0 Å². The molecule has 6 nitrogen and oxygen atoms in total. The Bertz CT molecular complexity index is 879. The van der Waals surface area contributed by atoms with Gasteiger partial charge in [-0.1, -0.05) is 18.2 Å². The lowest BCUT2D eigenvalue weighted by atomic mass is 10.2. The lowest BCUT2D eigenvalue weighted by Gasteiger charge is -2.39. The third kappa shape index (κ3) is 4.78. The molecule has 1 aliphatic heterocycles. The first-order valence-electron chi connectivity index (χ1n) is 10.8. The van der Waals surface area contributed by atoms with E-state index in [1.165, 1.54) is 17.4 Å². The second-order valence-corrected chi connectivity index (χ2v) is 9.04. The number of benzene rings is 1. The van der Waals surface area contributed by atoms with Crippen LogP contribution in [0.4, 0.5) is 5.69 Å². The molecule has 2 fully saturated rings. The van der Waals surface area contributed by atoms with E-state index >= 15 is 0 Å². The fraction of sp³-hybridized carbons (Fsp3) is 0.522. The van der Waals surface area contributed by atoms with Crippen LogP contribution in [0, 0.1) is 6.92 Å². The Labute approximate surface area is 183 Å². The molecule has 1 atom stereocenters. The van der Waals surface area contributed by atoms with Crippen molar-refractivity contribution in [3.8, 4) is 0 Å². The highest BCUT2D eigenvalue weighted by Crippen LogP contribution is 2.39. The fourth-order valence-electron chi connectivity index (χ4n) is 4.02. The highest BCUT2D eigenvalue weighted by atomic mass is 32.2. The van der Waals surface area contributed by atoms with Crippen LogP contribution in [0.5, 0.6) is 0 Å². The highest BCUT2D eigenvalue weighted by molar-refractivity contribution is 7.98. The molecule has 2 aromatic rings. The standard InChI is InChI=1S/C23H31N5OS/c1-16(27-11-13-28(14-12-27)19-7-5-4-6-8-19)15-24-22(29)20-17(2)25-21(18-9-10-18)26-23(20)30-3/h4-8,16,18H,9-15H2,1-3H3,(H,24,29)/t16-/m1/s1. The van der Waals surface area contributed by atoms with Crippen molar-refractivity contribution in [2.24, 2.45) is 0 Å². The molecule has 2 aliphatic rings. The van der Waals surface area contributed by atoms with Gasteiger partial charge in [-0.2, -0.15) is 0 Å². The van der Waals surface area contributed by atoms with Crippen LogP contribution >= 0.6 is 11.8 Å². The van der Waals surface area contributed by atoms with Gasteiger partial charge in [-0.15, -0.1) is 11.8 Å². The first kappa shape index (κ1) is 21.1. The van der Waals surface area contributed by atoms with Crippen molar-refractivity contribution >= 4 is 23.4 Å². The molecule has 4 rings (SSSR count). The first-order chi connectivity index (χ1) is 14.6. The molecule has 1 N–H and O–H groups in total. The maximum absolute atomic E-state index is 12.9. The van der Waals surface area contributed by atoms with E-state index in [1.807, 2.05) is 13.2 Å². The number of rotatable bonds is 7. The summed E-state index contributed by atoms with van der Waals surface area (Å²) >= 11 is 1.53. The molecule has 0 bridgehead atoms. The van der Waals surface area contributed by atoms with Crippen molar-refractivity contribution in [3.63, 3.8) is 0 Å². The molecule has 0 radical (unpaired) electrons. The highest BCUT2D eigenvalue weighted by Gasteiger charge is 2.29. The second-order valence-electron chi connectivity index (χ2n) is 8.24. The molecule has 2 heterocycles. The molecule has 0 spiro atoms. The van der Waals surface area contributed by atoms with E-state index < -0.39 is 0 Å². The van der Waals surface area contributed by atoms with E-state index in [-0.39, 0.29) is 11.9 Å². The SMILES string of the molecule is CSc1nc(C2CC2)nc(C)c1C(=O)NC[C@@H](C)N1CCN(c2ccccc2)CC1. The molecule has 1 aliphatic carbocycles. The Hall–Kier alpha value is -2.12. The van der Waals surface area contributed by atoms with E-state index in [4.69, 9.17) is 0 Å². The van der Waals surface area contributed by atoms with Crippen LogP contribution < -0.4 is 10.2 Å². The van der Waals surface area contributed by atoms with Crippen LogP contribution in [0.15, 0.2) is 35.4 Å². The summed E-state index contributed by atoms with van der Waals surface area (Å²) in [5.74, 6) is 1.33. The summed E-state index contributed by atoms with van der Waals surface area (Å²) in [4.78, 5) is 27.1. The fourth-order valence-corrected chi connectivity index (χ4v) is 4.65. The lowest BCUT2D eigenvalue weighted by Crippen LogP contribution is -2.52. The summed E-state index contributed by atoms with van der Waals surface area (Å²) in [6.45, 7) is 8.76. The summed E-state index contributed by atoms with van der Waals surface area (Å²) < 4.78 is 0. The number of aromatic nitrogens is 2. The molecule has 1 aromatic heterocycles. The van der Waals surface area contributed by atoms with Gasteiger partial charge in [-0.05, 0) is 45.1 Å². The third-order valence-corrected chi connectivity index (χ3v) is 6.74. The Kier molecular flexibility index (Phi) is 6.58. The van der Waals surface area contributed by atoms with Gasteiger partial charge in [0.1, 0.15) is 10.9 Å². The number of piperazine rings is 1. The number of nitrogens with one attached hydrogen (secondary N) is 1. The number of carbonyl (C=O) groups is 1. The van der Waals surface area contributed by atoms with Gasteiger partial charge in [-0.25, -0.2) is 9.97 Å². The molecule has 1 aromatic carbocycles. The minimum atomic E-state index is -0.0611. The zero-order chi connectivity index (χ0) is 21.1. The number of nitrogens with zero attached hydrogens (tertiary/aromatic N) is 4. The van der Waals surface area contributed by atoms with Crippen molar-refractivity contribution in [1.82, 2.24) is 20.2 Å². The number of aryl methyl sites for hydroxylation is 1. The van der Waals surface area contributed by atoms with Crippen LogP contribution in [0.2, 0.25) is 0 Å². The Morgan fingerprint density at radius 3 is 2.50 bits per heavy atom. The van der Waals surface area contributed by atoms with Crippen molar-refractivity contribution < 1.29 is 4.79 Å². The van der Waals surface area contributed by atoms with Gasteiger partial charge in [0.25, 0.3) is 5.91 Å². The number of hydrogen-bond acceptors (Lipinski definition) is 6. The molecule has 1 saturated heterocycles.